The van der Waals surface area contributed by atoms with Crippen molar-refractivity contribution in [3.63, 3.8) is 0 Å². The van der Waals surface area contributed by atoms with E-state index in [1.807, 2.05) is 47.1 Å². The molecule has 2 aromatic heterocycles. The van der Waals surface area contributed by atoms with Crippen molar-refractivity contribution in [1.82, 2.24) is 24.4 Å². The standard InChI is InChI=1S/C32H41N7O3/c1-41-30-7-4-3-6-27(30)29-11-9-26-23-33-32(35-39(26)29)34-28-10-8-25(22-31(28)42-2)38-16-12-24(13-17-38)37-15-5-14-36(18-19-37)20-21-40/h3-4,6-11,22-24,40H,5,12-21H2,1-2H3,(H,34,35). The van der Waals surface area contributed by atoms with Crippen LogP contribution in [0.15, 0.2) is 60.8 Å². The lowest BCUT2D eigenvalue weighted by molar-refractivity contribution is 0.164. The van der Waals surface area contributed by atoms with Gasteiger partial charge >= 0.3 is 0 Å². The molecule has 10 heteroatoms. The van der Waals surface area contributed by atoms with Gasteiger partial charge in [0.15, 0.2) is 0 Å². The van der Waals surface area contributed by atoms with Gasteiger partial charge in [0, 0.05) is 56.1 Å². The zero-order chi connectivity index (χ0) is 28.9. The van der Waals surface area contributed by atoms with E-state index in [0.717, 1.165) is 92.6 Å². The van der Waals surface area contributed by atoms with E-state index in [1.54, 1.807) is 14.2 Å². The Morgan fingerprint density at radius 1 is 0.905 bits per heavy atom. The summed E-state index contributed by atoms with van der Waals surface area (Å²) in [6.07, 6.45) is 5.30. The van der Waals surface area contributed by atoms with Gasteiger partial charge in [-0.2, -0.15) is 0 Å². The Kier molecular flexibility index (Phi) is 8.73. The first kappa shape index (κ1) is 28.3. The summed E-state index contributed by atoms with van der Waals surface area (Å²) in [5.74, 6) is 2.03. The van der Waals surface area contributed by atoms with Crippen molar-refractivity contribution in [2.45, 2.75) is 25.3 Å². The molecule has 0 bridgehead atoms. The minimum absolute atomic E-state index is 0.246. The first-order valence-corrected chi connectivity index (χ1v) is 14.9. The Hall–Kier alpha value is -3.86. The van der Waals surface area contributed by atoms with Gasteiger partial charge in [-0.3, -0.25) is 9.80 Å². The van der Waals surface area contributed by atoms with Gasteiger partial charge in [0.2, 0.25) is 5.95 Å². The predicted octanol–water partition coefficient (Wildman–Crippen LogP) is 4.13. The van der Waals surface area contributed by atoms with Gasteiger partial charge in [0.05, 0.1) is 43.9 Å². The molecule has 2 aliphatic heterocycles. The molecule has 0 atom stereocenters. The number of para-hydroxylation sites is 1. The van der Waals surface area contributed by atoms with Crippen molar-refractivity contribution in [3.8, 4) is 22.8 Å². The number of methoxy groups -OCH3 is 2. The second-order valence-corrected chi connectivity index (χ2v) is 11.0. The molecule has 222 valence electrons. The fourth-order valence-corrected chi connectivity index (χ4v) is 6.33. The highest BCUT2D eigenvalue weighted by molar-refractivity contribution is 5.72. The Balaban J connectivity index is 1.13. The summed E-state index contributed by atoms with van der Waals surface area (Å²) in [5.41, 5.74) is 4.78. The Morgan fingerprint density at radius 3 is 2.55 bits per heavy atom. The van der Waals surface area contributed by atoms with Crippen molar-refractivity contribution in [2.75, 3.05) is 76.9 Å². The second kappa shape index (κ2) is 13.0. The number of hydrogen-bond donors (Lipinski definition) is 2. The highest BCUT2D eigenvalue weighted by atomic mass is 16.5. The molecule has 4 aromatic rings. The number of nitrogens with one attached hydrogen (secondary N) is 1. The number of nitrogens with zero attached hydrogens (tertiary/aromatic N) is 6. The van der Waals surface area contributed by atoms with Gasteiger partial charge in [-0.25, -0.2) is 9.50 Å². The van der Waals surface area contributed by atoms with Crippen LogP contribution in [-0.2, 0) is 0 Å². The van der Waals surface area contributed by atoms with Gasteiger partial charge < -0.3 is 24.8 Å². The number of ether oxygens (including phenoxy) is 2. The fourth-order valence-electron chi connectivity index (χ4n) is 6.33. The Bertz CT molecular complexity index is 1480. The quantitative estimate of drug-likeness (QED) is 0.308. The highest BCUT2D eigenvalue weighted by Crippen LogP contribution is 2.34. The third-order valence-electron chi connectivity index (χ3n) is 8.60. The summed E-state index contributed by atoms with van der Waals surface area (Å²) in [5, 5.41) is 17.5. The van der Waals surface area contributed by atoms with E-state index in [1.165, 1.54) is 12.1 Å². The number of aromatic nitrogens is 3. The van der Waals surface area contributed by atoms with Crippen molar-refractivity contribution >= 4 is 22.8 Å². The topological polar surface area (TPSA) is 90.6 Å². The summed E-state index contributed by atoms with van der Waals surface area (Å²) < 4.78 is 13.3. The molecule has 2 saturated heterocycles. The van der Waals surface area contributed by atoms with Gasteiger partial charge in [-0.05, 0) is 68.8 Å². The lowest BCUT2D eigenvalue weighted by atomic mass is 10.0. The van der Waals surface area contributed by atoms with Crippen LogP contribution in [0.25, 0.3) is 16.8 Å². The number of hydrogen-bond acceptors (Lipinski definition) is 9. The molecule has 0 spiro atoms. The Labute approximate surface area is 247 Å². The van der Waals surface area contributed by atoms with E-state index in [9.17, 15) is 5.11 Å². The molecular weight excluding hydrogens is 530 g/mol. The number of fused-ring (bicyclic) bond motifs is 1. The third-order valence-corrected chi connectivity index (χ3v) is 8.60. The number of aliphatic hydroxyl groups is 1. The van der Waals surface area contributed by atoms with Gasteiger partial charge in [-0.1, -0.05) is 12.1 Å². The molecule has 2 aromatic carbocycles. The van der Waals surface area contributed by atoms with Crippen molar-refractivity contribution < 1.29 is 14.6 Å². The monoisotopic (exact) mass is 571 g/mol. The van der Waals surface area contributed by atoms with Crippen LogP contribution in [0.4, 0.5) is 17.3 Å². The maximum absolute atomic E-state index is 9.30. The van der Waals surface area contributed by atoms with E-state index in [2.05, 4.69) is 43.2 Å². The minimum Gasteiger partial charge on any atom is -0.496 e. The summed E-state index contributed by atoms with van der Waals surface area (Å²) in [6.45, 7) is 7.46. The Morgan fingerprint density at radius 2 is 1.74 bits per heavy atom. The summed E-state index contributed by atoms with van der Waals surface area (Å²) in [4.78, 5) is 12.1. The van der Waals surface area contributed by atoms with E-state index < -0.39 is 0 Å². The minimum atomic E-state index is 0.246. The number of anilines is 3. The number of rotatable bonds is 9. The average molecular weight is 572 g/mol. The van der Waals surface area contributed by atoms with Crippen LogP contribution in [0, 0.1) is 0 Å². The maximum atomic E-state index is 9.30. The molecule has 10 nitrogen and oxygen atoms in total. The van der Waals surface area contributed by atoms with Crippen molar-refractivity contribution in [3.05, 3.63) is 60.8 Å². The zero-order valence-electron chi connectivity index (χ0n) is 24.6. The van der Waals surface area contributed by atoms with Crippen LogP contribution in [0.5, 0.6) is 11.5 Å². The molecular formula is C32H41N7O3. The smallest absolute Gasteiger partial charge is 0.245 e. The third kappa shape index (κ3) is 6.01. The average Bonchev–Trinajstić information content (AvgIpc) is 3.31. The molecule has 0 unspecified atom stereocenters. The molecule has 4 heterocycles. The van der Waals surface area contributed by atoms with E-state index in [0.29, 0.717) is 12.0 Å². The van der Waals surface area contributed by atoms with Crippen LogP contribution in [0.3, 0.4) is 0 Å². The van der Waals surface area contributed by atoms with Crippen LogP contribution in [0.2, 0.25) is 0 Å². The van der Waals surface area contributed by atoms with Crippen molar-refractivity contribution in [1.29, 1.82) is 0 Å². The summed E-state index contributed by atoms with van der Waals surface area (Å²) >= 11 is 0. The van der Waals surface area contributed by atoms with E-state index >= 15 is 0 Å². The van der Waals surface area contributed by atoms with Crippen LogP contribution in [-0.4, -0.2) is 102 Å². The maximum Gasteiger partial charge on any atom is 0.245 e. The predicted molar refractivity (Wildman–Crippen MR) is 166 cm³/mol. The van der Waals surface area contributed by atoms with Gasteiger partial charge in [-0.15, -0.1) is 5.10 Å². The van der Waals surface area contributed by atoms with Crippen molar-refractivity contribution in [2.24, 2.45) is 0 Å². The lowest BCUT2D eigenvalue weighted by Crippen LogP contribution is -2.46. The molecule has 2 N–H and O–H groups in total. The van der Waals surface area contributed by atoms with Gasteiger partial charge in [0.25, 0.3) is 0 Å². The molecule has 6 rings (SSSR count). The zero-order valence-corrected chi connectivity index (χ0v) is 24.6. The summed E-state index contributed by atoms with van der Waals surface area (Å²) in [7, 11) is 3.38. The SMILES string of the molecule is COc1cc(N2CCC(N3CCCN(CCO)CC3)CC2)ccc1Nc1ncc2ccc(-c3ccccc3OC)n2n1. The molecule has 42 heavy (non-hydrogen) atoms. The molecule has 2 aliphatic rings. The number of benzene rings is 2. The van der Waals surface area contributed by atoms with Crippen LogP contribution >= 0.6 is 0 Å². The molecule has 0 radical (unpaired) electrons. The number of piperidine rings is 1. The molecule has 0 saturated carbocycles. The van der Waals surface area contributed by atoms with Gasteiger partial charge in [0.1, 0.15) is 11.5 Å². The molecule has 0 amide bonds. The molecule has 0 aliphatic carbocycles. The van der Waals surface area contributed by atoms with Crippen LogP contribution < -0.4 is 19.7 Å². The summed E-state index contributed by atoms with van der Waals surface area (Å²) in [6, 6.07) is 18.9. The van der Waals surface area contributed by atoms with Crippen LogP contribution in [0.1, 0.15) is 19.3 Å². The number of aliphatic hydroxyl groups excluding tert-OH is 1. The first-order chi connectivity index (χ1) is 20.7. The van der Waals surface area contributed by atoms with E-state index in [-0.39, 0.29) is 6.61 Å². The molecule has 2 fully saturated rings. The fraction of sp³-hybridized carbons (Fsp3) is 0.438. The first-order valence-electron chi connectivity index (χ1n) is 14.9. The van der Waals surface area contributed by atoms with E-state index in [4.69, 9.17) is 14.6 Å². The second-order valence-electron chi connectivity index (χ2n) is 11.0. The highest BCUT2D eigenvalue weighted by Gasteiger charge is 2.27. The number of β-amino-alcohol motifs (C(OH)–C–C–N with tert-alkyl or cyclic N) is 1. The largest absolute Gasteiger partial charge is 0.496 e. The lowest BCUT2D eigenvalue weighted by Gasteiger charge is -2.39. The normalized spacial score (nSPS) is 17.4.